The predicted molar refractivity (Wildman–Crippen MR) is 81.0 cm³/mol. The Morgan fingerprint density at radius 1 is 1.33 bits per heavy atom. The maximum Gasteiger partial charge on any atom is 0.251 e. The normalized spacial score (nSPS) is 18.5. The molecule has 0 aliphatic carbocycles. The summed E-state index contributed by atoms with van der Waals surface area (Å²) in [5.74, 6) is -0.181. The molecule has 4 nitrogen and oxygen atoms in total. The molecule has 2 N–H and O–H groups in total. The van der Waals surface area contributed by atoms with Crippen molar-refractivity contribution in [3.8, 4) is 0 Å². The third kappa shape index (κ3) is 3.67. The van der Waals surface area contributed by atoms with Gasteiger partial charge in [-0.3, -0.25) is 4.79 Å². The summed E-state index contributed by atoms with van der Waals surface area (Å²) in [7, 11) is 0. The van der Waals surface area contributed by atoms with Gasteiger partial charge in [-0.1, -0.05) is 26.0 Å². The molecule has 1 atom stereocenters. The zero-order valence-electron chi connectivity index (χ0n) is 12.6. The highest BCUT2D eigenvalue weighted by atomic mass is 19.1. The molecule has 1 aromatic carbocycles. The molecule has 0 fully saturated rings. The quantitative estimate of drug-likeness (QED) is 0.875. The largest absolute Gasteiger partial charge is 0.330 e. The van der Waals surface area contributed by atoms with Crippen molar-refractivity contribution < 1.29 is 9.18 Å². The van der Waals surface area contributed by atoms with Gasteiger partial charge in [0.15, 0.2) is 0 Å². The first-order chi connectivity index (χ1) is 10.0. The fourth-order valence-corrected chi connectivity index (χ4v) is 2.55. The van der Waals surface area contributed by atoms with Gasteiger partial charge in [0.2, 0.25) is 0 Å². The van der Waals surface area contributed by atoms with Gasteiger partial charge in [-0.15, -0.1) is 0 Å². The fourth-order valence-electron chi connectivity index (χ4n) is 2.55. The zero-order valence-corrected chi connectivity index (χ0v) is 12.6. The lowest BCUT2D eigenvalue weighted by molar-refractivity contribution is -0.132. The van der Waals surface area contributed by atoms with Crippen LogP contribution in [0.15, 0.2) is 29.4 Å². The van der Waals surface area contributed by atoms with Crippen LogP contribution in [0.4, 0.5) is 4.39 Å². The number of benzene rings is 1. The Kier molecular flexibility index (Phi) is 5.07. The summed E-state index contributed by atoms with van der Waals surface area (Å²) in [4.78, 5) is 12.5. The molecular formula is C16H22FN3O. The van der Waals surface area contributed by atoms with E-state index >= 15 is 0 Å². The molecule has 0 aromatic heterocycles. The Labute approximate surface area is 124 Å². The SMILES string of the molecule is CC(C)C1=NN(Cc2ccc(F)cc2)C(=O)C1CCCN. The van der Waals surface area contributed by atoms with E-state index in [1.807, 2.05) is 13.8 Å². The monoisotopic (exact) mass is 291 g/mol. The van der Waals surface area contributed by atoms with Crippen molar-refractivity contribution >= 4 is 11.6 Å². The molecule has 0 spiro atoms. The van der Waals surface area contributed by atoms with E-state index in [0.29, 0.717) is 13.1 Å². The smallest absolute Gasteiger partial charge is 0.251 e. The van der Waals surface area contributed by atoms with Gasteiger partial charge in [0, 0.05) is 0 Å². The molecule has 1 aromatic rings. The van der Waals surface area contributed by atoms with E-state index in [0.717, 1.165) is 24.1 Å². The second kappa shape index (κ2) is 6.80. The zero-order chi connectivity index (χ0) is 15.4. The Balaban J connectivity index is 2.13. The van der Waals surface area contributed by atoms with Gasteiger partial charge in [0.05, 0.1) is 18.2 Å². The van der Waals surface area contributed by atoms with E-state index in [4.69, 9.17) is 5.73 Å². The van der Waals surface area contributed by atoms with E-state index in [1.54, 1.807) is 12.1 Å². The number of carbonyl (C=O) groups is 1. The van der Waals surface area contributed by atoms with E-state index in [-0.39, 0.29) is 23.6 Å². The summed E-state index contributed by atoms with van der Waals surface area (Å²) in [6.45, 7) is 5.05. The van der Waals surface area contributed by atoms with Crippen molar-refractivity contribution in [1.82, 2.24) is 5.01 Å². The van der Waals surface area contributed by atoms with Crippen molar-refractivity contribution in [3.63, 3.8) is 0 Å². The maximum absolute atomic E-state index is 12.9. The molecule has 0 saturated heterocycles. The summed E-state index contributed by atoms with van der Waals surface area (Å²) in [5, 5.41) is 5.99. The number of halogens is 1. The van der Waals surface area contributed by atoms with Crippen LogP contribution in [0.2, 0.25) is 0 Å². The van der Waals surface area contributed by atoms with Crippen molar-refractivity contribution in [2.75, 3.05) is 6.54 Å². The average Bonchev–Trinajstić information content (AvgIpc) is 2.76. The van der Waals surface area contributed by atoms with Crippen LogP contribution in [-0.4, -0.2) is 23.2 Å². The van der Waals surface area contributed by atoms with Gasteiger partial charge in [-0.25, -0.2) is 9.40 Å². The van der Waals surface area contributed by atoms with Crippen molar-refractivity contribution in [1.29, 1.82) is 0 Å². The van der Waals surface area contributed by atoms with E-state index < -0.39 is 0 Å². The number of rotatable bonds is 6. The Morgan fingerprint density at radius 3 is 2.57 bits per heavy atom. The van der Waals surface area contributed by atoms with Crippen LogP contribution >= 0.6 is 0 Å². The minimum absolute atomic E-state index is 0.0245. The van der Waals surface area contributed by atoms with Crippen LogP contribution in [-0.2, 0) is 11.3 Å². The van der Waals surface area contributed by atoms with Crippen LogP contribution in [0.1, 0.15) is 32.3 Å². The second-order valence-electron chi connectivity index (χ2n) is 5.69. The Bertz CT molecular complexity index is 525. The number of carbonyl (C=O) groups excluding carboxylic acids is 1. The number of amides is 1. The summed E-state index contributed by atoms with van der Waals surface area (Å²) >= 11 is 0. The minimum atomic E-state index is -0.279. The molecule has 0 radical (unpaired) electrons. The summed E-state index contributed by atoms with van der Waals surface area (Å²) in [6, 6.07) is 6.16. The third-order valence-corrected chi connectivity index (χ3v) is 3.68. The average molecular weight is 291 g/mol. The third-order valence-electron chi connectivity index (χ3n) is 3.68. The molecule has 1 heterocycles. The van der Waals surface area contributed by atoms with Crippen molar-refractivity contribution in [3.05, 3.63) is 35.6 Å². The van der Waals surface area contributed by atoms with Crippen LogP contribution in [0.3, 0.4) is 0 Å². The first-order valence-electron chi connectivity index (χ1n) is 7.37. The second-order valence-corrected chi connectivity index (χ2v) is 5.69. The van der Waals surface area contributed by atoms with Gasteiger partial charge in [-0.05, 0) is 43.0 Å². The number of hydrogen-bond donors (Lipinski definition) is 1. The lowest BCUT2D eigenvalue weighted by Crippen LogP contribution is -2.29. The lowest BCUT2D eigenvalue weighted by Gasteiger charge is -2.15. The predicted octanol–water partition coefficient (Wildman–Crippen LogP) is 2.54. The lowest BCUT2D eigenvalue weighted by atomic mass is 9.90. The molecule has 5 heteroatoms. The van der Waals surface area contributed by atoms with Crippen LogP contribution in [0.5, 0.6) is 0 Å². The maximum atomic E-state index is 12.9. The molecule has 1 amide bonds. The van der Waals surface area contributed by atoms with Gasteiger partial charge in [0.25, 0.3) is 5.91 Å². The molecular weight excluding hydrogens is 269 g/mol. The Hall–Kier alpha value is -1.75. The van der Waals surface area contributed by atoms with Crippen molar-refractivity contribution in [2.45, 2.75) is 33.2 Å². The molecule has 0 bridgehead atoms. The van der Waals surface area contributed by atoms with E-state index in [1.165, 1.54) is 17.1 Å². The summed E-state index contributed by atoms with van der Waals surface area (Å²) in [6.07, 6.45) is 1.55. The number of hydrogen-bond acceptors (Lipinski definition) is 3. The highest BCUT2D eigenvalue weighted by Gasteiger charge is 2.36. The molecule has 114 valence electrons. The van der Waals surface area contributed by atoms with Crippen LogP contribution < -0.4 is 5.73 Å². The summed E-state index contributed by atoms with van der Waals surface area (Å²) < 4.78 is 12.9. The first kappa shape index (κ1) is 15.6. The molecule has 21 heavy (non-hydrogen) atoms. The van der Waals surface area contributed by atoms with E-state index in [9.17, 15) is 9.18 Å². The standard InChI is InChI=1S/C16H22FN3O/c1-11(2)15-14(4-3-9-18)16(21)20(19-15)10-12-5-7-13(17)8-6-12/h5-8,11,14H,3-4,9-10,18H2,1-2H3. The highest BCUT2D eigenvalue weighted by molar-refractivity contribution is 6.08. The number of hydrazone groups is 1. The summed E-state index contributed by atoms with van der Waals surface area (Å²) in [5.41, 5.74) is 7.34. The number of nitrogens with zero attached hydrogens (tertiary/aromatic N) is 2. The first-order valence-corrected chi connectivity index (χ1v) is 7.37. The van der Waals surface area contributed by atoms with Gasteiger partial charge in [0.1, 0.15) is 5.82 Å². The topological polar surface area (TPSA) is 58.7 Å². The molecule has 0 saturated carbocycles. The van der Waals surface area contributed by atoms with Crippen LogP contribution in [0.25, 0.3) is 0 Å². The van der Waals surface area contributed by atoms with Gasteiger partial charge < -0.3 is 5.73 Å². The highest BCUT2D eigenvalue weighted by Crippen LogP contribution is 2.26. The van der Waals surface area contributed by atoms with Gasteiger partial charge in [-0.2, -0.15) is 5.10 Å². The minimum Gasteiger partial charge on any atom is -0.330 e. The van der Waals surface area contributed by atoms with Crippen molar-refractivity contribution in [2.24, 2.45) is 22.7 Å². The van der Waals surface area contributed by atoms with Crippen LogP contribution in [0, 0.1) is 17.7 Å². The Morgan fingerprint density at radius 2 is 2.00 bits per heavy atom. The molecule has 2 rings (SSSR count). The molecule has 1 unspecified atom stereocenters. The molecule has 1 aliphatic rings. The van der Waals surface area contributed by atoms with Gasteiger partial charge >= 0.3 is 0 Å². The fraction of sp³-hybridized carbons (Fsp3) is 0.500. The number of nitrogens with two attached hydrogens (primary N) is 1. The van der Waals surface area contributed by atoms with E-state index in [2.05, 4.69) is 5.10 Å². The molecule has 1 aliphatic heterocycles.